The molecule has 0 bridgehead atoms. The number of imidazole rings is 1. The van der Waals surface area contributed by atoms with Crippen molar-refractivity contribution < 1.29 is 14.1 Å². The molecule has 0 aliphatic rings. The minimum absolute atomic E-state index is 0.183. The van der Waals surface area contributed by atoms with E-state index >= 15 is 0 Å². The minimum Gasteiger partial charge on any atom is -0.511 e. The fraction of sp³-hybridized carbons (Fsp3) is 0. The second-order valence-electron chi connectivity index (χ2n) is 11.1. The number of benzene rings is 5. The SMILES string of the molecule is Oc1ccccc1-n1[c-][n+](-c2ccccc2-n2cc(-c3ccccn3)c3cc4nc(-c5ccccc5)oc4cc32)c2ccccc21. The summed E-state index contributed by atoms with van der Waals surface area (Å²) in [6, 6.07) is 43.7. The van der Waals surface area contributed by atoms with Crippen molar-refractivity contribution >= 4 is 33.0 Å². The van der Waals surface area contributed by atoms with Crippen LogP contribution in [0.25, 0.3) is 72.8 Å². The Kier molecular flexibility index (Phi) is 5.83. The third kappa shape index (κ3) is 4.10. The van der Waals surface area contributed by atoms with Crippen LogP contribution < -0.4 is 4.57 Å². The van der Waals surface area contributed by atoms with Gasteiger partial charge in [-0.3, -0.25) is 14.1 Å². The first-order valence-corrected chi connectivity index (χ1v) is 15.0. The van der Waals surface area contributed by atoms with Crippen molar-refractivity contribution in [2.45, 2.75) is 0 Å². The van der Waals surface area contributed by atoms with Gasteiger partial charge in [0, 0.05) is 35.0 Å². The molecule has 0 unspecified atom stereocenters. The largest absolute Gasteiger partial charge is 0.511 e. The van der Waals surface area contributed by atoms with Crippen LogP contribution in [0.4, 0.5) is 0 Å². The average Bonchev–Trinajstić information content (AvgIpc) is 3.82. The van der Waals surface area contributed by atoms with Crippen LogP contribution in [0.5, 0.6) is 5.75 Å². The molecule has 0 spiro atoms. The summed E-state index contributed by atoms with van der Waals surface area (Å²) < 4.78 is 12.5. The van der Waals surface area contributed by atoms with Gasteiger partial charge in [0.25, 0.3) is 6.33 Å². The van der Waals surface area contributed by atoms with Crippen LogP contribution in [-0.2, 0) is 0 Å². The van der Waals surface area contributed by atoms with E-state index in [1.807, 2.05) is 112 Å². The molecular formula is C39H25N5O2. The number of hydrogen-bond donors (Lipinski definition) is 1. The lowest BCUT2D eigenvalue weighted by molar-refractivity contribution is -0.572. The summed E-state index contributed by atoms with van der Waals surface area (Å²) in [6.07, 6.45) is 7.47. The molecule has 0 saturated heterocycles. The summed E-state index contributed by atoms with van der Waals surface area (Å²) >= 11 is 0. The lowest BCUT2D eigenvalue weighted by Gasteiger charge is -2.13. The first kappa shape index (κ1) is 26.0. The number of oxazole rings is 1. The normalized spacial score (nSPS) is 11.6. The van der Waals surface area contributed by atoms with Crippen LogP contribution in [0.2, 0.25) is 0 Å². The Balaban J connectivity index is 1.30. The number of hydrogen-bond acceptors (Lipinski definition) is 4. The number of phenols is 1. The molecule has 0 atom stereocenters. The number of aromatic nitrogens is 5. The highest BCUT2D eigenvalue weighted by Crippen LogP contribution is 2.37. The van der Waals surface area contributed by atoms with Gasteiger partial charge in [-0.2, -0.15) is 0 Å². The lowest BCUT2D eigenvalue weighted by atomic mass is 10.1. The van der Waals surface area contributed by atoms with Gasteiger partial charge in [-0.05, 0) is 54.6 Å². The highest BCUT2D eigenvalue weighted by atomic mass is 16.3. The smallest absolute Gasteiger partial charge is 0.270 e. The number of fused-ring (bicyclic) bond motifs is 3. The van der Waals surface area contributed by atoms with Gasteiger partial charge >= 0.3 is 0 Å². The van der Waals surface area contributed by atoms with Crippen LogP contribution in [0.3, 0.4) is 0 Å². The maximum atomic E-state index is 10.8. The van der Waals surface area contributed by atoms with Gasteiger partial charge in [0.15, 0.2) is 5.58 Å². The number of pyridine rings is 1. The quantitative estimate of drug-likeness (QED) is 0.161. The molecule has 0 fully saturated rings. The maximum absolute atomic E-state index is 10.8. The summed E-state index contributed by atoms with van der Waals surface area (Å²) in [5.41, 5.74) is 9.60. The highest BCUT2D eigenvalue weighted by molar-refractivity contribution is 6.03. The molecule has 9 rings (SSSR count). The Labute approximate surface area is 263 Å². The molecule has 218 valence electrons. The molecule has 7 heteroatoms. The van der Waals surface area contributed by atoms with Gasteiger partial charge in [0.1, 0.15) is 17.0 Å². The number of aromatic hydroxyl groups is 1. The Morgan fingerprint density at radius 1 is 0.717 bits per heavy atom. The van der Waals surface area contributed by atoms with Gasteiger partial charge in [0.05, 0.1) is 33.6 Å². The van der Waals surface area contributed by atoms with E-state index in [4.69, 9.17) is 14.4 Å². The van der Waals surface area contributed by atoms with Crippen LogP contribution in [0.15, 0.2) is 150 Å². The van der Waals surface area contributed by atoms with Crippen molar-refractivity contribution in [3.63, 3.8) is 0 Å². The average molecular weight is 596 g/mol. The Hall–Kier alpha value is -6.47. The van der Waals surface area contributed by atoms with Crippen molar-refractivity contribution in [2.75, 3.05) is 0 Å². The summed E-state index contributed by atoms with van der Waals surface area (Å²) in [4.78, 5) is 9.57. The lowest BCUT2D eigenvalue weighted by Crippen LogP contribution is -2.31. The van der Waals surface area contributed by atoms with Crippen molar-refractivity contribution in [1.82, 2.24) is 19.1 Å². The molecule has 4 heterocycles. The van der Waals surface area contributed by atoms with Crippen molar-refractivity contribution in [1.29, 1.82) is 0 Å². The van der Waals surface area contributed by atoms with Crippen LogP contribution in [0, 0.1) is 6.33 Å². The number of nitrogens with zero attached hydrogens (tertiary/aromatic N) is 5. The van der Waals surface area contributed by atoms with Gasteiger partial charge in [0.2, 0.25) is 5.89 Å². The molecule has 0 saturated carbocycles. The molecule has 5 aromatic carbocycles. The maximum Gasteiger partial charge on any atom is 0.270 e. The summed E-state index contributed by atoms with van der Waals surface area (Å²) in [5.74, 6) is 0.763. The van der Waals surface area contributed by atoms with Crippen LogP contribution in [-0.4, -0.2) is 24.2 Å². The summed E-state index contributed by atoms with van der Waals surface area (Å²) in [6.45, 7) is 0. The van der Waals surface area contributed by atoms with E-state index < -0.39 is 0 Å². The van der Waals surface area contributed by atoms with E-state index in [1.54, 1.807) is 6.07 Å². The standard InChI is InChI=1S/C39H25N5O2/c45-37-20-9-8-19-35(37)44-25-43(33-17-6-7-18-34(33)44)32-16-5-4-15-31(32)42-24-28(29-14-10-11-21-40-29)27-22-30-38(23-36(27)42)46-39(41-30)26-12-2-1-3-13-26/h1-24,45H. The molecular weight excluding hydrogens is 570 g/mol. The molecule has 0 aliphatic heterocycles. The molecule has 7 nitrogen and oxygen atoms in total. The predicted octanol–water partition coefficient (Wildman–Crippen LogP) is 8.23. The van der Waals surface area contributed by atoms with E-state index in [2.05, 4.69) is 47.4 Å². The molecule has 0 amide bonds. The van der Waals surface area contributed by atoms with E-state index in [1.165, 1.54) is 0 Å². The fourth-order valence-corrected chi connectivity index (χ4v) is 6.20. The zero-order chi connectivity index (χ0) is 30.6. The summed E-state index contributed by atoms with van der Waals surface area (Å²) in [7, 11) is 0. The molecule has 4 aromatic heterocycles. The first-order valence-electron chi connectivity index (χ1n) is 15.0. The second-order valence-corrected chi connectivity index (χ2v) is 11.1. The summed E-state index contributed by atoms with van der Waals surface area (Å²) in [5, 5.41) is 11.8. The predicted molar refractivity (Wildman–Crippen MR) is 178 cm³/mol. The van der Waals surface area contributed by atoms with Crippen LogP contribution >= 0.6 is 0 Å². The molecule has 46 heavy (non-hydrogen) atoms. The van der Waals surface area contributed by atoms with Crippen molar-refractivity contribution in [3.05, 3.63) is 152 Å². The van der Waals surface area contributed by atoms with E-state index in [0.717, 1.165) is 55.6 Å². The van der Waals surface area contributed by atoms with Crippen LogP contribution in [0.1, 0.15) is 0 Å². The molecule has 0 aliphatic carbocycles. The molecule has 9 aromatic rings. The van der Waals surface area contributed by atoms with Crippen molar-refractivity contribution in [2.24, 2.45) is 0 Å². The Morgan fingerprint density at radius 2 is 1.48 bits per heavy atom. The van der Waals surface area contributed by atoms with E-state index in [-0.39, 0.29) is 5.75 Å². The molecule has 0 radical (unpaired) electrons. The monoisotopic (exact) mass is 595 g/mol. The second kappa shape index (κ2) is 10.3. The highest BCUT2D eigenvalue weighted by Gasteiger charge is 2.21. The topological polar surface area (TPSA) is 72.9 Å². The zero-order valence-electron chi connectivity index (χ0n) is 24.4. The first-order chi connectivity index (χ1) is 22.7. The van der Waals surface area contributed by atoms with Gasteiger partial charge in [-0.15, -0.1) is 0 Å². The molecule has 1 N–H and O–H groups in total. The van der Waals surface area contributed by atoms with Gasteiger partial charge in [-0.1, -0.05) is 72.8 Å². The van der Waals surface area contributed by atoms with Gasteiger partial charge in [-0.25, -0.2) is 4.98 Å². The minimum atomic E-state index is 0.183. The third-order valence-corrected chi connectivity index (χ3v) is 8.34. The fourth-order valence-electron chi connectivity index (χ4n) is 6.20. The third-order valence-electron chi connectivity index (χ3n) is 8.34. The number of rotatable bonds is 5. The number of para-hydroxylation sites is 6. The van der Waals surface area contributed by atoms with E-state index in [0.29, 0.717) is 17.2 Å². The number of phenolic OH excluding ortho intramolecular Hbond substituents is 1. The Bertz CT molecular complexity index is 2550. The van der Waals surface area contributed by atoms with E-state index in [9.17, 15) is 5.11 Å². The van der Waals surface area contributed by atoms with Gasteiger partial charge < -0.3 is 14.1 Å². The Morgan fingerprint density at radius 3 is 2.33 bits per heavy atom. The zero-order valence-corrected chi connectivity index (χ0v) is 24.4. The van der Waals surface area contributed by atoms with Crippen molar-refractivity contribution in [3.8, 4) is 45.5 Å².